The first-order valence-electron chi connectivity index (χ1n) is 11.7. The Hall–Kier alpha value is -3.94. The van der Waals surface area contributed by atoms with Crippen LogP contribution < -0.4 is 10.1 Å². The van der Waals surface area contributed by atoms with E-state index in [-0.39, 0.29) is 17.3 Å². The number of nitrogens with zero attached hydrogens (tertiary/aromatic N) is 1. The number of para-hydroxylation sites is 1. The molecular formula is C29H26N2O4S. The second-order valence-electron chi connectivity index (χ2n) is 8.78. The highest BCUT2D eigenvalue weighted by atomic mass is 32.2. The minimum atomic E-state index is -3.90. The Morgan fingerprint density at radius 2 is 1.42 bits per heavy atom. The number of sulfonamides is 1. The van der Waals surface area contributed by atoms with Crippen molar-refractivity contribution in [1.82, 2.24) is 4.31 Å². The molecule has 182 valence electrons. The lowest BCUT2D eigenvalue weighted by atomic mass is 9.95. The summed E-state index contributed by atoms with van der Waals surface area (Å²) in [6.07, 6.45) is 0.294. The molecule has 1 amide bonds. The van der Waals surface area contributed by atoms with Crippen LogP contribution in [0.5, 0.6) is 11.5 Å². The SMILES string of the molecule is Cc1ccc(S(=O)(=O)N2Cc3ccccc3C[C@H]2C(=O)Nc2ccc(Oc3ccccc3)cc2)cc1. The molecule has 5 rings (SSSR count). The Labute approximate surface area is 211 Å². The molecule has 1 atom stereocenters. The van der Waals surface area contributed by atoms with Crippen LogP contribution in [0.1, 0.15) is 16.7 Å². The Balaban J connectivity index is 1.39. The third kappa shape index (κ3) is 5.03. The molecule has 36 heavy (non-hydrogen) atoms. The molecule has 0 spiro atoms. The summed E-state index contributed by atoms with van der Waals surface area (Å²) in [4.78, 5) is 13.6. The van der Waals surface area contributed by atoms with Crippen molar-refractivity contribution in [3.05, 3.63) is 120 Å². The lowest BCUT2D eigenvalue weighted by Gasteiger charge is -2.35. The largest absolute Gasteiger partial charge is 0.457 e. The average Bonchev–Trinajstić information content (AvgIpc) is 2.90. The summed E-state index contributed by atoms with van der Waals surface area (Å²) in [5.74, 6) is 0.971. The van der Waals surface area contributed by atoms with Gasteiger partial charge in [0.05, 0.1) is 4.90 Å². The molecule has 0 aromatic heterocycles. The Bertz CT molecular complexity index is 1470. The predicted octanol–water partition coefficient (Wildman–Crippen LogP) is 5.54. The topological polar surface area (TPSA) is 75.7 Å². The Morgan fingerprint density at radius 1 is 0.806 bits per heavy atom. The summed E-state index contributed by atoms with van der Waals surface area (Å²) in [7, 11) is -3.90. The average molecular weight is 499 g/mol. The maximum atomic E-state index is 13.6. The summed E-state index contributed by atoms with van der Waals surface area (Å²) in [5.41, 5.74) is 3.40. The zero-order valence-electron chi connectivity index (χ0n) is 19.8. The third-order valence-electron chi connectivity index (χ3n) is 6.24. The molecule has 6 nitrogen and oxygen atoms in total. The number of aryl methyl sites for hydroxylation is 1. The number of ether oxygens (including phenoxy) is 1. The number of benzene rings is 4. The van der Waals surface area contributed by atoms with E-state index in [2.05, 4.69) is 5.32 Å². The summed E-state index contributed by atoms with van der Waals surface area (Å²) in [5, 5.41) is 2.90. The third-order valence-corrected chi connectivity index (χ3v) is 8.11. The lowest BCUT2D eigenvalue weighted by Crippen LogP contribution is -2.50. The summed E-state index contributed by atoms with van der Waals surface area (Å²) < 4.78 is 34.4. The van der Waals surface area contributed by atoms with E-state index in [1.54, 1.807) is 48.5 Å². The molecule has 1 N–H and O–H groups in total. The van der Waals surface area contributed by atoms with Gasteiger partial charge in [-0.1, -0.05) is 60.2 Å². The van der Waals surface area contributed by atoms with Crippen molar-refractivity contribution in [3.8, 4) is 11.5 Å². The number of carbonyl (C=O) groups excluding carboxylic acids is 1. The van der Waals surface area contributed by atoms with Crippen molar-refractivity contribution in [2.24, 2.45) is 0 Å². The van der Waals surface area contributed by atoms with Crippen molar-refractivity contribution >= 4 is 21.6 Å². The standard InChI is InChI=1S/C29H26N2O4S/c1-21-11-17-27(18-12-21)36(33,34)31-20-23-8-6-5-7-22(23)19-28(31)29(32)30-24-13-15-26(16-14-24)35-25-9-3-2-4-10-25/h2-18,28H,19-20H2,1H3,(H,30,32)/t28-/m0/s1. The number of carbonyl (C=O) groups is 1. The molecule has 0 saturated carbocycles. The molecule has 4 aromatic rings. The van der Waals surface area contributed by atoms with E-state index in [9.17, 15) is 13.2 Å². The molecule has 0 radical (unpaired) electrons. The van der Waals surface area contributed by atoms with Crippen LogP contribution in [0.2, 0.25) is 0 Å². The lowest BCUT2D eigenvalue weighted by molar-refractivity contribution is -0.120. The fourth-order valence-corrected chi connectivity index (χ4v) is 5.84. The highest BCUT2D eigenvalue weighted by Crippen LogP contribution is 2.30. The maximum absolute atomic E-state index is 13.6. The van der Waals surface area contributed by atoms with Gasteiger partial charge in [-0.05, 0) is 73.0 Å². The van der Waals surface area contributed by atoms with Crippen LogP contribution in [0.25, 0.3) is 0 Å². The summed E-state index contributed by atoms with van der Waals surface area (Å²) in [6, 6.07) is 29.9. The van der Waals surface area contributed by atoms with Gasteiger partial charge >= 0.3 is 0 Å². The van der Waals surface area contributed by atoms with E-state index in [1.165, 1.54) is 4.31 Å². The predicted molar refractivity (Wildman–Crippen MR) is 139 cm³/mol. The first kappa shape index (κ1) is 23.8. The van der Waals surface area contributed by atoms with Crippen molar-refractivity contribution in [3.63, 3.8) is 0 Å². The van der Waals surface area contributed by atoms with Gasteiger partial charge in [-0.25, -0.2) is 8.42 Å². The quantitative estimate of drug-likeness (QED) is 0.379. The number of rotatable bonds is 6. The Morgan fingerprint density at radius 3 is 2.11 bits per heavy atom. The van der Waals surface area contributed by atoms with Crippen LogP contribution in [-0.4, -0.2) is 24.7 Å². The van der Waals surface area contributed by atoms with Crippen molar-refractivity contribution in [2.45, 2.75) is 30.8 Å². The van der Waals surface area contributed by atoms with Gasteiger partial charge in [-0.2, -0.15) is 4.31 Å². The monoisotopic (exact) mass is 498 g/mol. The van der Waals surface area contributed by atoms with Crippen molar-refractivity contribution in [2.75, 3.05) is 5.32 Å². The summed E-state index contributed by atoms with van der Waals surface area (Å²) >= 11 is 0. The van der Waals surface area contributed by atoms with Crippen LogP contribution >= 0.6 is 0 Å². The molecule has 4 aromatic carbocycles. The van der Waals surface area contributed by atoms with Crippen LogP contribution in [0, 0.1) is 6.92 Å². The van der Waals surface area contributed by atoms with Gasteiger partial charge < -0.3 is 10.1 Å². The molecule has 0 fully saturated rings. The van der Waals surface area contributed by atoms with Crippen LogP contribution in [-0.2, 0) is 27.8 Å². The van der Waals surface area contributed by atoms with Gasteiger partial charge in [0.25, 0.3) is 0 Å². The van der Waals surface area contributed by atoms with Crippen molar-refractivity contribution in [1.29, 1.82) is 0 Å². The minimum absolute atomic E-state index is 0.133. The first-order valence-corrected chi connectivity index (χ1v) is 13.1. The molecule has 1 aliphatic heterocycles. The van der Waals surface area contributed by atoms with Crippen molar-refractivity contribution < 1.29 is 17.9 Å². The van der Waals surface area contributed by atoms with E-state index in [4.69, 9.17) is 4.74 Å². The minimum Gasteiger partial charge on any atom is -0.457 e. The fraction of sp³-hybridized carbons (Fsp3) is 0.138. The second-order valence-corrected chi connectivity index (χ2v) is 10.7. The van der Waals surface area contributed by atoms with E-state index >= 15 is 0 Å². The number of hydrogen-bond donors (Lipinski definition) is 1. The second kappa shape index (κ2) is 9.97. The molecule has 0 bridgehead atoms. The summed E-state index contributed by atoms with van der Waals surface area (Å²) in [6.45, 7) is 2.04. The van der Waals surface area contributed by atoms with Gasteiger partial charge in [-0.3, -0.25) is 4.79 Å². The molecule has 0 aliphatic carbocycles. The highest BCUT2D eigenvalue weighted by molar-refractivity contribution is 7.89. The molecular weight excluding hydrogens is 472 g/mol. The first-order chi connectivity index (χ1) is 17.4. The number of anilines is 1. The maximum Gasteiger partial charge on any atom is 0.244 e. The number of amides is 1. The zero-order chi connectivity index (χ0) is 25.1. The smallest absolute Gasteiger partial charge is 0.244 e. The highest BCUT2D eigenvalue weighted by Gasteiger charge is 2.39. The molecule has 1 aliphatic rings. The normalized spacial score (nSPS) is 15.6. The number of nitrogens with one attached hydrogen (secondary N) is 1. The van der Waals surface area contributed by atoms with E-state index in [0.29, 0.717) is 23.6 Å². The van der Waals surface area contributed by atoms with Gasteiger partial charge in [0.1, 0.15) is 17.5 Å². The van der Waals surface area contributed by atoms with Gasteiger partial charge in [0, 0.05) is 12.2 Å². The molecule has 1 heterocycles. The fourth-order valence-electron chi connectivity index (χ4n) is 4.28. The van der Waals surface area contributed by atoms with Crippen LogP contribution in [0.15, 0.2) is 108 Å². The Kier molecular flexibility index (Phi) is 6.59. The van der Waals surface area contributed by atoms with E-state index in [1.807, 2.05) is 61.5 Å². The number of fused-ring (bicyclic) bond motifs is 1. The van der Waals surface area contributed by atoms with E-state index < -0.39 is 16.1 Å². The van der Waals surface area contributed by atoms with Gasteiger partial charge in [0.15, 0.2) is 0 Å². The van der Waals surface area contributed by atoms with Crippen LogP contribution in [0.4, 0.5) is 5.69 Å². The zero-order valence-corrected chi connectivity index (χ0v) is 20.6. The van der Waals surface area contributed by atoms with Gasteiger partial charge in [0.2, 0.25) is 15.9 Å². The van der Waals surface area contributed by atoms with Gasteiger partial charge in [-0.15, -0.1) is 0 Å². The van der Waals surface area contributed by atoms with Crippen LogP contribution in [0.3, 0.4) is 0 Å². The number of hydrogen-bond acceptors (Lipinski definition) is 4. The molecule has 7 heteroatoms. The molecule has 0 unspecified atom stereocenters. The molecule has 0 saturated heterocycles. The van der Waals surface area contributed by atoms with E-state index in [0.717, 1.165) is 16.7 Å².